The largest absolute Gasteiger partial charge is 0.452 e. The van der Waals surface area contributed by atoms with Crippen LogP contribution in [0.15, 0.2) is 64.3 Å². The molecule has 0 saturated carbocycles. The minimum atomic E-state index is -4.67. The fraction of sp³-hybridized carbons (Fsp3) is 0.100. The van der Waals surface area contributed by atoms with E-state index in [1.54, 1.807) is 0 Å². The third-order valence-electron chi connectivity index (χ3n) is 4.38. The summed E-state index contributed by atoms with van der Waals surface area (Å²) >= 11 is 0. The molecule has 0 aliphatic rings. The molecule has 0 bridgehead atoms. The van der Waals surface area contributed by atoms with Gasteiger partial charge in [-0.15, -0.1) is 0 Å². The molecule has 0 unspecified atom stereocenters. The van der Waals surface area contributed by atoms with E-state index in [4.69, 9.17) is 4.42 Å². The van der Waals surface area contributed by atoms with Crippen molar-refractivity contribution in [1.29, 1.82) is 0 Å². The maximum atomic E-state index is 13.2. The number of alkyl halides is 5. The predicted octanol–water partition coefficient (Wildman–Crippen LogP) is 4.99. The number of nitrogens with zero attached hydrogens (tertiary/aromatic N) is 2. The molecule has 1 amide bonds. The number of halogens is 5. The van der Waals surface area contributed by atoms with Gasteiger partial charge in [-0.3, -0.25) is 4.79 Å². The Labute approximate surface area is 169 Å². The van der Waals surface area contributed by atoms with E-state index in [9.17, 15) is 32.0 Å². The average molecular weight is 438 g/mol. The molecular weight excluding hydrogens is 427 g/mol. The first kappa shape index (κ1) is 20.4. The van der Waals surface area contributed by atoms with E-state index in [1.165, 1.54) is 24.5 Å². The minimum Gasteiger partial charge on any atom is -0.452 e. The number of carbonyl (C=O) groups excluding carboxylic acids is 1. The molecule has 0 aliphatic carbocycles. The van der Waals surface area contributed by atoms with Crippen molar-refractivity contribution in [1.82, 2.24) is 4.73 Å². The number of hydrogen-bond donors (Lipinski definition) is 1. The quantitative estimate of drug-likeness (QED) is 0.361. The summed E-state index contributed by atoms with van der Waals surface area (Å²) in [6, 6.07) is 7.39. The lowest BCUT2D eigenvalue weighted by atomic mass is 10.0. The molecule has 0 radical (unpaired) electrons. The van der Waals surface area contributed by atoms with Gasteiger partial charge in [-0.25, -0.2) is 9.72 Å². The van der Waals surface area contributed by atoms with Crippen LogP contribution in [0.5, 0.6) is 5.75 Å². The normalized spacial score (nSPS) is 11.9. The molecule has 2 aromatic heterocycles. The van der Waals surface area contributed by atoms with Gasteiger partial charge in [-0.05, 0) is 42.5 Å². The Morgan fingerprint density at radius 2 is 1.81 bits per heavy atom. The van der Waals surface area contributed by atoms with Crippen molar-refractivity contribution in [2.45, 2.75) is 12.8 Å². The van der Waals surface area contributed by atoms with E-state index in [0.29, 0.717) is 0 Å². The lowest BCUT2D eigenvalue weighted by Gasteiger charge is -2.07. The number of amides is 1. The summed E-state index contributed by atoms with van der Waals surface area (Å²) in [5, 5.41) is 9.15. The van der Waals surface area contributed by atoms with Crippen LogP contribution < -0.4 is 10.1 Å². The average Bonchev–Trinajstić information content (AvgIpc) is 3.08. The summed E-state index contributed by atoms with van der Waals surface area (Å²) in [6.07, 6.45) is -2.25. The highest BCUT2D eigenvalue weighted by atomic mass is 19.4. The molecule has 6 nitrogen and oxygen atoms in total. The Balaban J connectivity index is 1.99. The van der Waals surface area contributed by atoms with Gasteiger partial charge in [0.25, 0.3) is 5.91 Å². The molecule has 4 aromatic rings. The topological polar surface area (TPSA) is 77.0 Å². The van der Waals surface area contributed by atoms with Crippen LogP contribution in [-0.4, -0.2) is 22.5 Å². The van der Waals surface area contributed by atoms with Crippen LogP contribution in [0.2, 0.25) is 0 Å². The minimum absolute atomic E-state index is 0.0524. The van der Waals surface area contributed by atoms with Crippen LogP contribution in [0.25, 0.3) is 21.9 Å². The van der Waals surface area contributed by atoms with E-state index < -0.39 is 30.0 Å². The van der Waals surface area contributed by atoms with Gasteiger partial charge in [-0.1, -0.05) is 0 Å². The lowest BCUT2D eigenvalue weighted by Crippen LogP contribution is -2.09. The highest BCUT2D eigenvalue weighted by molar-refractivity contribution is 6.18. The molecule has 2 aromatic carbocycles. The second kappa shape index (κ2) is 7.42. The number of carbonyl (C=O) groups is 1. The van der Waals surface area contributed by atoms with E-state index in [2.05, 4.69) is 9.73 Å². The lowest BCUT2D eigenvalue weighted by molar-refractivity contribution is -0.137. The first-order valence-corrected chi connectivity index (χ1v) is 8.61. The van der Waals surface area contributed by atoms with Gasteiger partial charge in [0, 0.05) is 23.2 Å². The Hall–Kier alpha value is -3.89. The van der Waals surface area contributed by atoms with Gasteiger partial charge in [0.05, 0.1) is 16.5 Å². The summed E-state index contributed by atoms with van der Waals surface area (Å²) in [7, 11) is 0. The molecule has 11 heteroatoms. The molecule has 0 aliphatic heterocycles. The van der Waals surface area contributed by atoms with E-state index >= 15 is 0 Å². The summed E-state index contributed by atoms with van der Waals surface area (Å²) in [4.78, 5) is 16.6. The second-order valence-corrected chi connectivity index (χ2v) is 6.36. The third-order valence-corrected chi connectivity index (χ3v) is 4.38. The molecule has 4 rings (SSSR count). The monoisotopic (exact) mass is 438 g/mol. The first-order valence-electron chi connectivity index (χ1n) is 8.61. The van der Waals surface area contributed by atoms with Crippen molar-refractivity contribution in [3.8, 4) is 5.75 Å². The Morgan fingerprint density at radius 3 is 2.45 bits per heavy atom. The number of hydrogen-bond acceptors (Lipinski definition) is 4. The maximum absolute atomic E-state index is 13.2. The zero-order chi connectivity index (χ0) is 22.3. The highest BCUT2D eigenvalue weighted by Gasteiger charge is 2.31. The number of furan rings is 1. The van der Waals surface area contributed by atoms with Crippen molar-refractivity contribution in [3.63, 3.8) is 0 Å². The van der Waals surface area contributed by atoms with E-state index in [1.807, 2.05) is 0 Å². The molecular formula is C20H11F5N2O4. The zero-order valence-corrected chi connectivity index (χ0v) is 15.2. The van der Waals surface area contributed by atoms with Crippen LogP contribution in [0.1, 0.15) is 15.9 Å². The number of benzene rings is 2. The first-order chi connectivity index (χ1) is 14.6. The smallest absolute Gasteiger partial charge is 0.416 e. The summed E-state index contributed by atoms with van der Waals surface area (Å²) in [6.45, 7) is -3.22. The number of aromatic nitrogens is 1. The summed E-state index contributed by atoms with van der Waals surface area (Å²) < 4.78 is 75.7. The van der Waals surface area contributed by atoms with Gasteiger partial charge in [0.1, 0.15) is 5.58 Å². The maximum Gasteiger partial charge on any atom is 0.416 e. The van der Waals surface area contributed by atoms with Crippen molar-refractivity contribution >= 4 is 27.8 Å². The highest BCUT2D eigenvalue weighted by Crippen LogP contribution is 2.40. The molecule has 1 N–H and O–H groups in total. The number of ether oxygens (including phenoxy) is 1. The summed E-state index contributed by atoms with van der Waals surface area (Å²) in [5.74, 6) is -1.29. The second-order valence-electron chi connectivity index (χ2n) is 6.36. The molecule has 0 spiro atoms. The van der Waals surface area contributed by atoms with E-state index in [-0.39, 0.29) is 32.9 Å². The van der Waals surface area contributed by atoms with Crippen LogP contribution in [0.4, 0.5) is 22.0 Å². The zero-order valence-electron chi connectivity index (χ0n) is 15.2. The predicted molar refractivity (Wildman–Crippen MR) is 96.9 cm³/mol. The molecule has 2 heterocycles. The molecule has 160 valence electrons. The van der Waals surface area contributed by atoms with Crippen LogP contribution in [0, 0.1) is 0 Å². The Morgan fingerprint density at radius 1 is 1.10 bits per heavy atom. The number of rotatable bonds is 3. The van der Waals surface area contributed by atoms with Crippen molar-refractivity contribution < 1.29 is 41.1 Å². The van der Waals surface area contributed by atoms with Crippen LogP contribution in [-0.2, 0) is 6.18 Å². The van der Waals surface area contributed by atoms with Crippen molar-refractivity contribution in [2.75, 3.05) is 0 Å². The molecule has 0 fully saturated rings. The van der Waals surface area contributed by atoms with Gasteiger partial charge in [0.2, 0.25) is 0 Å². The van der Waals surface area contributed by atoms with Gasteiger partial charge in [-0.2, -0.15) is 22.0 Å². The van der Waals surface area contributed by atoms with Gasteiger partial charge < -0.3 is 14.4 Å². The fourth-order valence-electron chi connectivity index (χ4n) is 3.06. The molecule has 31 heavy (non-hydrogen) atoms. The molecule has 0 atom stereocenters. The van der Waals surface area contributed by atoms with Crippen molar-refractivity contribution in [2.24, 2.45) is 4.99 Å². The molecule has 0 saturated heterocycles. The number of fused-ring (bicyclic) bond motifs is 3. The fourth-order valence-corrected chi connectivity index (χ4v) is 3.06. The Bertz CT molecular complexity index is 1350. The van der Waals surface area contributed by atoms with Crippen molar-refractivity contribution in [3.05, 3.63) is 71.3 Å². The SMILES string of the molecule is O=C(N=c1ccn(O)cc1)c1ccc(OC(F)F)c2oc3ccc(C(F)(F)F)cc3c12. The van der Waals surface area contributed by atoms with Gasteiger partial charge in [0.15, 0.2) is 11.3 Å². The van der Waals surface area contributed by atoms with Crippen LogP contribution in [0.3, 0.4) is 0 Å². The third kappa shape index (κ3) is 3.93. The standard InChI is InChI=1S/C20H11F5N2O4/c21-19(22)31-15-4-2-12(18(28)26-11-5-7-27(29)8-6-11)16-13-9-10(20(23,24)25)1-3-14(13)30-17(15)16/h1-9,19,29H. The Kier molecular flexibility index (Phi) is 4.88. The number of pyridine rings is 1. The summed E-state index contributed by atoms with van der Waals surface area (Å²) in [5.41, 5.74) is -1.54. The van der Waals surface area contributed by atoms with Crippen LogP contribution >= 0.6 is 0 Å². The van der Waals surface area contributed by atoms with E-state index in [0.717, 1.165) is 35.1 Å². The van der Waals surface area contributed by atoms with Gasteiger partial charge >= 0.3 is 12.8 Å².